The Labute approximate surface area is 189 Å². The van der Waals surface area contributed by atoms with Gasteiger partial charge in [0.1, 0.15) is 5.75 Å². The number of ether oxygens (including phenoxy) is 1. The lowest BCUT2D eigenvalue weighted by Gasteiger charge is -2.12. The van der Waals surface area contributed by atoms with Crippen LogP contribution in [0.5, 0.6) is 5.75 Å². The van der Waals surface area contributed by atoms with Gasteiger partial charge in [-0.2, -0.15) is 0 Å². The van der Waals surface area contributed by atoms with Crippen LogP contribution in [0.4, 0.5) is 0 Å². The lowest BCUT2D eigenvalue weighted by atomic mass is 10.1. The molecule has 0 spiro atoms. The molecule has 1 aromatic heterocycles. The Hall–Kier alpha value is -2.36. The summed E-state index contributed by atoms with van der Waals surface area (Å²) in [5, 5.41) is 9.30. The number of methoxy groups -OCH3 is 1. The van der Waals surface area contributed by atoms with Crippen molar-refractivity contribution in [3.05, 3.63) is 59.4 Å². The second-order valence-electron chi connectivity index (χ2n) is 6.25. The van der Waals surface area contributed by atoms with Crippen LogP contribution < -0.4 is 20.7 Å². The Bertz CT molecular complexity index is 784. The molecule has 1 aromatic carbocycles. The third-order valence-electron chi connectivity index (χ3n) is 4.06. The molecule has 0 radical (unpaired) electrons. The Morgan fingerprint density at radius 1 is 1.17 bits per heavy atom. The van der Waals surface area contributed by atoms with E-state index in [2.05, 4.69) is 38.9 Å². The molecule has 2 rings (SSSR count). The molecule has 8 heteroatoms. The van der Waals surface area contributed by atoms with Crippen LogP contribution in [0.2, 0.25) is 0 Å². The molecule has 0 bridgehead atoms. The number of guanidine groups is 1. The van der Waals surface area contributed by atoms with Crippen molar-refractivity contribution in [1.29, 1.82) is 0 Å². The van der Waals surface area contributed by atoms with E-state index < -0.39 is 0 Å². The van der Waals surface area contributed by atoms with E-state index in [1.165, 1.54) is 5.56 Å². The van der Waals surface area contributed by atoms with Crippen molar-refractivity contribution < 1.29 is 9.53 Å². The lowest BCUT2D eigenvalue weighted by Crippen LogP contribution is -2.41. The Kier molecular flexibility index (Phi) is 11.7. The first kappa shape index (κ1) is 24.7. The standard InChI is InChI=1S/C21H29N5O2.HI/c1-4-23-21(25-11-9-17-14-16(2)7-8-19(17)28-3)26-13-12-24-20(27)18-6-5-10-22-15-18;/h5-8,10,14-15H,4,9,11-13H2,1-3H3,(H,24,27)(H2,23,25,26);1H. The number of carbonyl (C=O) groups is 1. The second kappa shape index (κ2) is 13.8. The van der Waals surface area contributed by atoms with Crippen molar-refractivity contribution in [3.63, 3.8) is 0 Å². The molecule has 2 aromatic rings. The summed E-state index contributed by atoms with van der Waals surface area (Å²) in [6.07, 6.45) is 3.98. The number of nitrogens with zero attached hydrogens (tertiary/aromatic N) is 2. The molecule has 3 N–H and O–H groups in total. The topological polar surface area (TPSA) is 87.6 Å². The zero-order chi connectivity index (χ0) is 20.2. The molecule has 0 aliphatic heterocycles. The molecule has 0 atom stereocenters. The summed E-state index contributed by atoms with van der Waals surface area (Å²) < 4.78 is 5.42. The molecule has 1 amide bonds. The fourth-order valence-electron chi connectivity index (χ4n) is 2.69. The van der Waals surface area contributed by atoms with E-state index in [4.69, 9.17) is 4.74 Å². The van der Waals surface area contributed by atoms with E-state index in [1.54, 1.807) is 31.6 Å². The van der Waals surface area contributed by atoms with Crippen LogP contribution in [0.3, 0.4) is 0 Å². The molecule has 29 heavy (non-hydrogen) atoms. The number of benzene rings is 1. The quantitative estimate of drug-likeness (QED) is 0.209. The summed E-state index contributed by atoms with van der Waals surface area (Å²) in [7, 11) is 1.68. The highest BCUT2D eigenvalue weighted by Crippen LogP contribution is 2.20. The van der Waals surface area contributed by atoms with Crippen molar-refractivity contribution in [2.24, 2.45) is 4.99 Å². The molecule has 0 fully saturated rings. The molecule has 0 saturated heterocycles. The van der Waals surface area contributed by atoms with Gasteiger partial charge in [0.2, 0.25) is 0 Å². The second-order valence-corrected chi connectivity index (χ2v) is 6.25. The SMILES string of the molecule is CCNC(=NCCc1cc(C)ccc1OC)NCCNC(=O)c1cccnc1.I. The highest BCUT2D eigenvalue weighted by Gasteiger charge is 2.05. The molecule has 0 saturated carbocycles. The summed E-state index contributed by atoms with van der Waals surface area (Å²) in [6.45, 7) is 6.55. The van der Waals surface area contributed by atoms with Gasteiger partial charge in [-0.05, 0) is 44.0 Å². The highest BCUT2D eigenvalue weighted by molar-refractivity contribution is 14.0. The Morgan fingerprint density at radius 3 is 2.66 bits per heavy atom. The van der Waals surface area contributed by atoms with Gasteiger partial charge in [-0.3, -0.25) is 14.8 Å². The van der Waals surface area contributed by atoms with Crippen molar-refractivity contribution in [2.75, 3.05) is 33.3 Å². The average Bonchev–Trinajstić information content (AvgIpc) is 2.71. The number of aromatic nitrogens is 1. The van der Waals surface area contributed by atoms with Gasteiger partial charge < -0.3 is 20.7 Å². The monoisotopic (exact) mass is 511 g/mol. The molecule has 0 aliphatic carbocycles. The fourth-order valence-corrected chi connectivity index (χ4v) is 2.69. The van der Waals surface area contributed by atoms with Crippen LogP contribution >= 0.6 is 24.0 Å². The maximum atomic E-state index is 12.0. The number of hydrogen-bond acceptors (Lipinski definition) is 4. The molecular weight excluding hydrogens is 481 g/mol. The van der Waals surface area contributed by atoms with E-state index in [1.807, 2.05) is 19.1 Å². The van der Waals surface area contributed by atoms with Crippen LogP contribution in [0, 0.1) is 6.92 Å². The van der Waals surface area contributed by atoms with Crippen LogP contribution in [-0.2, 0) is 6.42 Å². The predicted molar refractivity (Wildman–Crippen MR) is 127 cm³/mol. The molecule has 7 nitrogen and oxygen atoms in total. The largest absolute Gasteiger partial charge is 0.496 e. The van der Waals surface area contributed by atoms with E-state index in [-0.39, 0.29) is 29.9 Å². The van der Waals surface area contributed by atoms with Crippen LogP contribution in [0.25, 0.3) is 0 Å². The third kappa shape index (κ3) is 8.68. The van der Waals surface area contributed by atoms with Crippen LogP contribution in [-0.4, -0.2) is 50.1 Å². The molecule has 1 heterocycles. The number of halogens is 1. The molecule has 158 valence electrons. The summed E-state index contributed by atoms with van der Waals surface area (Å²) in [4.78, 5) is 20.5. The van der Waals surface area contributed by atoms with Crippen molar-refractivity contribution >= 4 is 35.8 Å². The number of amides is 1. The summed E-state index contributed by atoms with van der Waals surface area (Å²) in [5.41, 5.74) is 2.90. The third-order valence-corrected chi connectivity index (χ3v) is 4.06. The Balaban J connectivity index is 0.00000420. The molecule has 0 unspecified atom stereocenters. The minimum absolute atomic E-state index is 0. The normalized spacial score (nSPS) is 10.7. The van der Waals surface area contributed by atoms with Gasteiger partial charge in [-0.15, -0.1) is 24.0 Å². The number of carbonyl (C=O) groups excluding carboxylic acids is 1. The molecular formula is C21H30IN5O2. The number of aliphatic imine (C=N–C) groups is 1. The maximum absolute atomic E-state index is 12.0. The van der Waals surface area contributed by atoms with E-state index in [0.717, 1.165) is 30.2 Å². The van der Waals surface area contributed by atoms with Gasteiger partial charge >= 0.3 is 0 Å². The molecule has 0 aliphatic rings. The van der Waals surface area contributed by atoms with Crippen LogP contribution in [0.1, 0.15) is 28.4 Å². The number of aryl methyl sites for hydroxylation is 1. The lowest BCUT2D eigenvalue weighted by molar-refractivity contribution is 0.0954. The summed E-state index contributed by atoms with van der Waals surface area (Å²) in [5.74, 6) is 1.48. The number of hydrogen-bond donors (Lipinski definition) is 3. The van der Waals surface area contributed by atoms with Crippen LogP contribution in [0.15, 0.2) is 47.7 Å². The van der Waals surface area contributed by atoms with E-state index in [0.29, 0.717) is 25.2 Å². The fraction of sp³-hybridized carbons (Fsp3) is 0.381. The van der Waals surface area contributed by atoms with E-state index >= 15 is 0 Å². The van der Waals surface area contributed by atoms with Gasteiger partial charge in [-0.1, -0.05) is 17.7 Å². The summed E-state index contributed by atoms with van der Waals surface area (Å²) in [6, 6.07) is 9.63. The van der Waals surface area contributed by atoms with Crippen molar-refractivity contribution in [3.8, 4) is 5.75 Å². The average molecular weight is 511 g/mol. The first-order chi connectivity index (χ1) is 13.6. The van der Waals surface area contributed by atoms with Gasteiger partial charge in [-0.25, -0.2) is 0 Å². The smallest absolute Gasteiger partial charge is 0.252 e. The number of pyridine rings is 1. The highest BCUT2D eigenvalue weighted by atomic mass is 127. The first-order valence-corrected chi connectivity index (χ1v) is 9.48. The minimum Gasteiger partial charge on any atom is -0.496 e. The predicted octanol–water partition coefficient (Wildman–Crippen LogP) is 2.54. The summed E-state index contributed by atoms with van der Waals surface area (Å²) >= 11 is 0. The van der Waals surface area contributed by atoms with Crippen molar-refractivity contribution in [1.82, 2.24) is 20.9 Å². The first-order valence-electron chi connectivity index (χ1n) is 9.48. The van der Waals surface area contributed by atoms with Gasteiger partial charge in [0, 0.05) is 38.6 Å². The van der Waals surface area contributed by atoms with Gasteiger partial charge in [0.15, 0.2) is 5.96 Å². The minimum atomic E-state index is -0.136. The van der Waals surface area contributed by atoms with Crippen molar-refractivity contribution in [2.45, 2.75) is 20.3 Å². The van der Waals surface area contributed by atoms with Gasteiger partial charge in [0.05, 0.1) is 12.7 Å². The number of rotatable bonds is 9. The zero-order valence-corrected chi connectivity index (χ0v) is 19.5. The number of nitrogens with one attached hydrogen (secondary N) is 3. The Morgan fingerprint density at radius 2 is 1.97 bits per heavy atom. The van der Waals surface area contributed by atoms with E-state index in [9.17, 15) is 4.79 Å². The van der Waals surface area contributed by atoms with Gasteiger partial charge in [0.25, 0.3) is 5.91 Å². The zero-order valence-electron chi connectivity index (χ0n) is 17.2. The maximum Gasteiger partial charge on any atom is 0.252 e.